The first-order chi connectivity index (χ1) is 9.98. The Hall–Kier alpha value is -1.47. The fraction of sp³-hybridized carbons (Fsp3) is 0.571. The fourth-order valence-corrected chi connectivity index (χ4v) is 3.69. The highest BCUT2D eigenvalue weighted by Crippen LogP contribution is 2.20. The Morgan fingerprint density at radius 1 is 1.52 bits per heavy atom. The SMILES string of the molecule is CS(=O)(=O)N1CCC[C@H]1C(=O)NCCCc1cccnc1. The van der Waals surface area contributed by atoms with Crippen LogP contribution in [-0.2, 0) is 21.2 Å². The van der Waals surface area contributed by atoms with Gasteiger partial charge in [0.25, 0.3) is 0 Å². The molecule has 1 aliphatic rings. The number of carbonyl (C=O) groups excluding carboxylic acids is 1. The summed E-state index contributed by atoms with van der Waals surface area (Å²) < 4.78 is 24.5. The van der Waals surface area contributed by atoms with E-state index < -0.39 is 16.1 Å². The molecule has 0 radical (unpaired) electrons. The zero-order valence-corrected chi connectivity index (χ0v) is 13.0. The molecule has 116 valence electrons. The van der Waals surface area contributed by atoms with Gasteiger partial charge < -0.3 is 5.32 Å². The van der Waals surface area contributed by atoms with Gasteiger partial charge in [-0.25, -0.2) is 8.42 Å². The standard InChI is InChI=1S/C14H21N3O3S/c1-21(19,20)17-10-4-7-13(17)14(18)16-9-3-6-12-5-2-8-15-11-12/h2,5,8,11,13H,3-4,6-7,9-10H2,1H3,(H,16,18)/t13-/m0/s1. The summed E-state index contributed by atoms with van der Waals surface area (Å²) in [5.41, 5.74) is 1.13. The molecule has 21 heavy (non-hydrogen) atoms. The normalized spacial score (nSPS) is 19.6. The monoisotopic (exact) mass is 311 g/mol. The third kappa shape index (κ3) is 4.50. The Labute approximate surface area is 125 Å². The maximum absolute atomic E-state index is 12.1. The topological polar surface area (TPSA) is 79.4 Å². The maximum atomic E-state index is 12.1. The number of aryl methyl sites for hydroxylation is 1. The molecule has 1 N–H and O–H groups in total. The summed E-state index contributed by atoms with van der Waals surface area (Å²) >= 11 is 0. The van der Waals surface area contributed by atoms with Crippen LogP contribution in [0.2, 0.25) is 0 Å². The van der Waals surface area contributed by atoms with Crippen LogP contribution in [0.3, 0.4) is 0 Å². The maximum Gasteiger partial charge on any atom is 0.238 e. The second-order valence-electron chi connectivity index (χ2n) is 5.29. The molecule has 1 aliphatic heterocycles. The van der Waals surface area contributed by atoms with Gasteiger partial charge in [-0.05, 0) is 37.3 Å². The minimum absolute atomic E-state index is 0.191. The van der Waals surface area contributed by atoms with Gasteiger partial charge in [0.15, 0.2) is 0 Å². The van der Waals surface area contributed by atoms with Crippen molar-refractivity contribution >= 4 is 15.9 Å². The molecule has 2 heterocycles. The van der Waals surface area contributed by atoms with Crippen molar-refractivity contribution < 1.29 is 13.2 Å². The largest absolute Gasteiger partial charge is 0.355 e. The molecule has 0 spiro atoms. The highest BCUT2D eigenvalue weighted by molar-refractivity contribution is 7.88. The molecule has 1 aromatic heterocycles. The van der Waals surface area contributed by atoms with Crippen molar-refractivity contribution in [2.75, 3.05) is 19.3 Å². The summed E-state index contributed by atoms with van der Waals surface area (Å²) in [5.74, 6) is -0.191. The number of nitrogens with one attached hydrogen (secondary N) is 1. The Balaban J connectivity index is 1.77. The fourth-order valence-electron chi connectivity index (χ4n) is 2.57. The van der Waals surface area contributed by atoms with Gasteiger partial charge in [0.2, 0.25) is 15.9 Å². The average molecular weight is 311 g/mol. The lowest BCUT2D eigenvalue weighted by molar-refractivity contribution is -0.124. The van der Waals surface area contributed by atoms with Gasteiger partial charge >= 0.3 is 0 Å². The average Bonchev–Trinajstić information content (AvgIpc) is 2.94. The van der Waals surface area contributed by atoms with Crippen LogP contribution in [0.1, 0.15) is 24.8 Å². The van der Waals surface area contributed by atoms with Crippen molar-refractivity contribution in [3.8, 4) is 0 Å². The number of sulfonamides is 1. The number of carbonyl (C=O) groups is 1. The molecule has 7 heteroatoms. The van der Waals surface area contributed by atoms with Crippen molar-refractivity contribution in [2.24, 2.45) is 0 Å². The smallest absolute Gasteiger partial charge is 0.238 e. The second kappa shape index (κ2) is 7.00. The minimum Gasteiger partial charge on any atom is -0.355 e. The molecule has 1 fully saturated rings. The minimum atomic E-state index is -3.31. The zero-order chi connectivity index (χ0) is 15.3. The van der Waals surface area contributed by atoms with Gasteiger partial charge in [-0.3, -0.25) is 9.78 Å². The van der Waals surface area contributed by atoms with E-state index in [1.807, 2.05) is 18.3 Å². The highest BCUT2D eigenvalue weighted by atomic mass is 32.2. The van der Waals surface area contributed by atoms with Crippen LogP contribution in [-0.4, -0.2) is 49.0 Å². The number of aromatic nitrogens is 1. The number of hydrogen-bond donors (Lipinski definition) is 1. The third-order valence-corrected chi connectivity index (χ3v) is 4.89. The molecule has 0 bridgehead atoms. The lowest BCUT2D eigenvalue weighted by atomic mass is 10.1. The van der Waals surface area contributed by atoms with E-state index in [2.05, 4.69) is 10.3 Å². The first-order valence-electron chi connectivity index (χ1n) is 7.12. The number of amides is 1. The predicted molar refractivity (Wildman–Crippen MR) is 80.1 cm³/mol. The first kappa shape index (κ1) is 15.9. The van der Waals surface area contributed by atoms with Crippen LogP contribution in [0, 0.1) is 0 Å². The van der Waals surface area contributed by atoms with Crippen molar-refractivity contribution in [2.45, 2.75) is 31.7 Å². The quantitative estimate of drug-likeness (QED) is 0.778. The van der Waals surface area contributed by atoms with E-state index in [9.17, 15) is 13.2 Å². The highest BCUT2D eigenvalue weighted by Gasteiger charge is 2.36. The summed E-state index contributed by atoms with van der Waals surface area (Å²) in [6.45, 7) is 0.981. The summed E-state index contributed by atoms with van der Waals surface area (Å²) in [6, 6.07) is 3.34. The molecule has 0 aromatic carbocycles. The molecule has 1 saturated heterocycles. The van der Waals surface area contributed by atoms with Crippen molar-refractivity contribution in [1.82, 2.24) is 14.6 Å². The second-order valence-corrected chi connectivity index (χ2v) is 7.22. The van der Waals surface area contributed by atoms with Gasteiger partial charge in [-0.1, -0.05) is 6.07 Å². The Kier molecular flexibility index (Phi) is 5.30. The van der Waals surface area contributed by atoms with E-state index in [-0.39, 0.29) is 5.91 Å². The van der Waals surface area contributed by atoms with Gasteiger partial charge in [-0.15, -0.1) is 0 Å². The van der Waals surface area contributed by atoms with E-state index in [4.69, 9.17) is 0 Å². The first-order valence-corrected chi connectivity index (χ1v) is 8.97. The molecule has 6 nitrogen and oxygen atoms in total. The Morgan fingerprint density at radius 2 is 2.33 bits per heavy atom. The van der Waals surface area contributed by atoms with Gasteiger partial charge in [0.1, 0.15) is 6.04 Å². The van der Waals surface area contributed by atoms with Crippen molar-refractivity contribution in [1.29, 1.82) is 0 Å². The van der Waals surface area contributed by atoms with E-state index in [1.54, 1.807) is 6.20 Å². The summed E-state index contributed by atoms with van der Waals surface area (Å²) in [7, 11) is -3.31. The van der Waals surface area contributed by atoms with Crippen LogP contribution < -0.4 is 5.32 Å². The molecular formula is C14H21N3O3S. The van der Waals surface area contributed by atoms with E-state index in [0.717, 1.165) is 31.1 Å². The van der Waals surface area contributed by atoms with Crippen LogP contribution in [0.15, 0.2) is 24.5 Å². The lowest BCUT2D eigenvalue weighted by Gasteiger charge is -2.21. The Morgan fingerprint density at radius 3 is 3.00 bits per heavy atom. The number of rotatable bonds is 6. The van der Waals surface area contributed by atoms with Crippen LogP contribution in [0.25, 0.3) is 0 Å². The number of pyridine rings is 1. The molecule has 0 aliphatic carbocycles. The molecule has 0 unspecified atom stereocenters. The van der Waals surface area contributed by atoms with E-state index in [1.165, 1.54) is 4.31 Å². The predicted octanol–water partition coefficient (Wildman–Crippen LogP) is 0.554. The van der Waals surface area contributed by atoms with E-state index in [0.29, 0.717) is 19.5 Å². The lowest BCUT2D eigenvalue weighted by Crippen LogP contribution is -2.45. The molecular weight excluding hydrogens is 290 g/mol. The van der Waals surface area contributed by atoms with Gasteiger partial charge in [0.05, 0.1) is 6.26 Å². The van der Waals surface area contributed by atoms with Gasteiger partial charge in [-0.2, -0.15) is 4.31 Å². The Bertz CT molecular complexity index is 574. The summed E-state index contributed by atoms with van der Waals surface area (Å²) in [4.78, 5) is 16.1. The van der Waals surface area contributed by atoms with Crippen molar-refractivity contribution in [3.05, 3.63) is 30.1 Å². The van der Waals surface area contributed by atoms with E-state index >= 15 is 0 Å². The molecule has 2 rings (SSSR count). The molecule has 1 amide bonds. The van der Waals surface area contributed by atoms with Crippen LogP contribution in [0.4, 0.5) is 0 Å². The molecule has 0 saturated carbocycles. The summed E-state index contributed by atoms with van der Waals surface area (Å²) in [5, 5.41) is 2.83. The third-order valence-electron chi connectivity index (χ3n) is 3.60. The number of hydrogen-bond acceptors (Lipinski definition) is 4. The summed E-state index contributed by atoms with van der Waals surface area (Å²) in [6.07, 6.45) is 7.68. The zero-order valence-electron chi connectivity index (χ0n) is 12.2. The number of nitrogens with zero attached hydrogens (tertiary/aromatic N) is 2. The molecule has 1 aromatic rings. The van der Waals surface area contributed by atoms with Crippen LogP contribution >= 0.6 is 0 Å². The van der Waals surface area contributed by atoms with Crippen LogP contribution in [0.5, 0.6) is 0 Å². The van der Waals surface area contributed by atoms with Gasteiger partial charge in [0, 0.05) is 25.5 Å². The molecule has 1 atom stereocenters. The van der Waals surface area contributed by atoms with Crippen molar-refractivity contribution in [3.63, 3.8) is 0 Å².